The second-order valence-electron chi connectivity index (χ2n) is 1.69. The summed E-state index contributed by atoms with van der Waals surface area (Å²) >= 11 is 0. The molecule has 2 nitrogen and oxygen atoms in total. The minimum Gasteiger partial charge on any atom is -0.329 e. The third kappa shape index (κ3) is 3.76. The predicted molar refractivity (Wildman–Crippen MR) is 32.2 cm³/mol. The smallest absolute Gasteiger partial charge is 0.0161 e. The number of nitrogens with one attached hydrogen (secondary N) is 1. The SMILES string of the molecule is CCNC(C)CN. The zero-order chi connectivity index (χ0) is 5.70. The van der Waals surface area contributed by atoms with Crippen LogP contribution in [0, 0.1) is 0 Å². The Morgan fingerprint density at radius 3 is 2.43 bits per heavy atom. The van der Waals surface area contributed by atoms with Crippen molar-refractivity contribution in [3.8, 4) is 0 Å². The van der Waals surface area contributed by atoms with E-state index in [-0.39, 0.29) is 0 Å². The first-order chi connectivity index (χ1) is 3.31. The quantitative estimate of drug-likeness (QED) is 0.524. The van der Waals surface area contributed by atoms with Crippen LogP contribution >= 0.6 is 0 Å². The summed E-state index contributed by atoms with van der Waals surface area (Å²) in [6.45, 7) is 5.89. The summed E-state index contributed by atoms with van der Waals surface area (Å²) < 4.78 is 0. The third-order valence-corrected chi connectivity index (χ3v) is 0.906. The summed E-state index contributed by atoms with van der Waals surface area (Å²) in [6, 6.07) is 0.477. The maximum Gasteiger partial charge on any atom is 0.0161 e. The molecule has 0 fully saturated rings. The van der Waals surface area contributed by atoms with E-state index in [9.17, 15) is 0 Å². The van der Waals surface area contributed by atoms with Gasteiger partial charge >= 0.3 is 0 Å². The first-order valence-electron chi connectivity index (χ1n) is 2.74. The van der Waals surface area contributed by atoms with Crippen molar-refractivity contribution in [1.29, 1.82) is 0 Å². The monoisotopic (exact) mass is 102 g/mol. The van der Waals surface area contributed by atoms with E-state index in [1.165, 1.54) is 0 Å². The molecular formula is C5H14N2. The molecule has 0 spiro atoms. The molecule has 0 rings (SSSR count). The van der Waals surface area contributed by atoms with Crippen molar-refractivity contribution < 1.29 is 0 Å². The predicted octanol–water partition coefficient (Wildman–Crippen LogP) is -0.0569. The van der Waals surface area contributed by atoms with Gasteiger partial charge in [-0.15, -0.1) is 0 Å². The van der Waals surface area contributed by atoms with Crippen molar-refractivity contribution in [3.05, 3.63) is 0 Å². The molecule has 44 valence electrons. The lowest BCUT2D eigenvalue weighted by molar-refractivity contribution is 0.577. The summed E-state index contributed by atoms with van der Waals surface area (Å²) in [5, 5.41) is 3.17. The fourth-order valence-electron chi connectivity index (χ4n) is 0.432. The van der Waals surface area contributed by atoms with Crippen LogP contribution in [0.4, 0.5) is 0 Å². The Labute approximate surface area is 45.1 Å². The van der Waals surface area contributed by atoms with Gasteiger partial charge in [0.05, 0.1) is 0 Å². The van der Waals surface area contributed by atoms with Gasteiger partial charge in [-0.2, -0.15) is 0 Å². The molecule has 0 aromatic rings. The van der Waals surface area contributed by atoms with Crippen molar-refractivity contribution in [2.45, 2.75) is 19.9 Å². The molecule has 7 heavy (non-hydrogen) atoms. The van der Waals surface area contributed by atoms with Crippen LogP contribution in [-0.4, -0.2) is 19.1 Å². The van der Waals surface area contributed by atoms with E-state index in [0.29, 0.717) is 6.04 Å². The van der Waals surface area contributed by atoms with E-state index in [2.05, 4.69) is 19.2 Å². The van der Waals surface area contributed by atoms with Crippen molar-refractivity contribution in [1.82, 2.24) is 5.32 Å². The maximum atomic E-state index is 5.30. The van der Waals surface area contributed by atoms with E-state index in [0.717, 1.165) is 13.1 Å². The summed E-state index contributed by atoms with van der Waals surface area (Å²) in [6.07, 6.45) is 0. The molecule has 3 N–H and O–H groups in total. The van der Waals surface area contributed by atoms with Crippen LogP contribution in [0.25, 0.3) is 0 Å². The van der Waals surface area contributed by atoms with Gasteiger partial charge in [-0.05, 0) is 13.5 Å². The molecule has 0 aromatic heterocycles. The molecule has 0 aliphatic carbocycles. The molecule has 0 aliphatic rings. The van der Waals surface area contributed by atoms with Crippen molar-refractivity contribution in [2.24, 2.45) is 5.73 Å². The average Bonchev–Trinajstić information content (AvgIpc) is 1.68. The van der Waals surface area contributed by atoms with Crippen LogP contribution in [0.5, 0.6) is 0 Å². The molecule has 0 saturated heterocycles. The Kier molecular flexibility index (Phi) is 4.04. The highest BCUT2D eigenvalue weighted by Crippen LogP contribution is 1.71. The van der Waals surface area contributed by atoms with Crippen molar-refractivity contribution in [2.75, 3.05) is 13.1 Å². The Morgan fingerprint density at radius 1 is 1.71 bits per heavy atom. The second kappa shape index (κ2) is 4.09. The van der Waals surface area contributed by atoms with E-state index in [1.54, 1.807) is 0 Å². The van der Waals surface area contributed by atoms with Crippen molar-refractivity contribution >= 4 is 0 Å². The van der Waals surface area contributed by atoms with E-state index >= 15 is 0 Å². The molecule has 1 atom stereocenters. The van der Waals surface area contributed by atoms with Gasteiger partial charge in [0, 0.05) is 12.6 Å². The number of likely N-dealkylation sites (N-methyl/N-ethyl adjacent to an activating group) is 1. The highest BCUT2D eigenvalue weighted by atomic mass is 14.9. The topological polar surface area (TPSA) is 38.0 Å². The summed E-state index contributed by atoms with van der Waals surface area (Å²) in [7, 11) is 0. The highest BCUT2D eigenvalue weighted by molar-refractivity contribution is 4.56. The second-order valence-corrected chi connectivity index (χ2v) is 1.69. The minimum absolute atomic E-state index is 0.477. The summed E-state index contributed by atoms with van der Waals surface area (Å²) in [4.78, 5) is 0. The van der Waals surface area contributed by atoms with Gasteiger partial charge in [-0.25, -0.2) is 0 Å². The fraction of sp³-hybridized carbons (Fsp3) is 1.00. The number of hydrogen-bond acceptors (Lipinski definition) is 2. The molecule has 0 aliphatic heterocycles. The highest BCUT2D eigenvalue weighted by Gasteiger charge is 1.90. The molecule has 2 heteroatoms. The van der Waals surface area contributed by atoms with Crippen LogP contribution in [0.1, 0.15) is 13.8 Å². The van der Waals surface area contributed by atoms with E-state index < -0.39 is 0 Å². The maximum absolute atomic E-state index is 5.30. The normalized spacial score (nSPS) is 14.1. The zero-order valence-corrected chi connectivity index (χ0v) is 5.07. The van der Waals surface area contributed by atoms with E-state index in [1.807, 2.05) is 0 Å². The van der Waals surface area contributed by atoms with Gasteiger partial charge in [0.2, 0.25) is 0 Å². The Balaban J connectivity index is 2.83. The summed E-state index contributed by atoms with van der Waals surface area (Å²) in [5.74, 6) is 0. The third-order valence-electron chi connectivity index (χ3n) is 0.906. The van der Waals surface area contributed by atoms with Crippen LogP contribution in [0.15, 0.2) is 0 Å². The first kappa shape index (κ1) is 6.92. The number of nitrogens with two attached hydrogens (primary N) is 1. The Morgan fingerprint density at radius 2 is 2.29 bits per heavy atom. The van der Waals surface area contributed by atoms with Crippen LogP contribution in [0.2, 0.25) is 0 Å². The molecule has 0 radical (unpaired) electrons. The van der Waals surface area contributed by atoms with Crippen molar-refractivity contribution in [3.63, 3.8) is 0 Å². The van der Waals surface area contributed by atoms with Gasteiger partial charge in [-0.3, -0.25) is 0 Å². The fourth-order valence-corrected chi connectivity index (χ4v) is 0.432. The van der Waals surface area contributed by atoms with Crippen LogP contribution in [-0.2, 0) is 0 Å². The Bertz CT molecular complexity index is 37.1. The molecule has 0 aromatic carbocycles. The largest absolute Gasteiger partial charge is 0.329 e. The molecule has 0 heterocycles. The molecule has 0 bridgehead atoms. The lowest BCUT2D eigenvalue weighted by Gasteiger charge is -2.06. The van der Waals surface area contributed by atoms with E-state index in [4.69, 9.17) is 5.73 Å². The zero-order valence-electron chi connectivity index (χ0n) is 5.07. The molecule has 0 saturated carbocycles. The van der Waals surface area contributed by atoms with Gasteiger partial charge in [-0.1, -0.05) is 6.92 Å². The molecule has 0 amide bonds. The van der Waals surface area contributed by atoms with Gasteiger partial charge in [0.25, 0.3) is 0 Å². The Hall–Kier alpha value is -0.0800. The molecular weight excluding hydrogens is 88.1 g/mol. The standard InChI is InChI=1S/C5H14N2/c1-3-7-5(2)4-6/h5,7H,3-4,6H2,1-2H3. The number of hydrogen-bond donors (Lipinski definition) is 2. The minimum atomic E-state index is 0.477. The lowest BCUT2D eigenvalue weighted by Crippen LogP contribution is -2.32. The van der Waals surface area contributed by atoms with Gasteiger partial charge in [0.15, 0.2) is 0 Å². The molecule has 1 unspecified atom stereocenters. The first-order valence-corrected chi connectivity index (χ1v) is 2.74. The van der Waals surface area contributed by atoms with Gasteiger partial charge < -0.3 is 11.1 Å². The average molecular weight is 102 g/mol. The lowest BCUT2D eigenvalue weighted by atomic mass is 10.3. The summed E-state index contributed by atoms with van der Waals surface area (Å²) in [5.41, 5.74) is 5.30. The van der Waals surface area contributed by atoms with Crippen LogP contribution in [0.3, 0.4) is 0 Å². The van der Waals surface area contributed by atoms with Gasteiger partial charge in [0.1, 0.15) is 0 Å². The van der Waals surface area contributed by atoms with Crippen LogP contribution < -0.4 is 11.1 Å². The number of rotatable bonds is 3.